The summed E-state index contributed by atoms with van der Waals surface area (Å²) in [6.45, 7) is 3.77. The number of hydrogen-bond acceptors (Lipinski definition) is 11. The molecule has 0 saturated carbocycles. The minimum absolute atomic E-state index is 0.0265. The van der Waals surface area contributed by atoms with Gasteiger partial charge in [-0.15, -0.1) is 0 Å². The standard InChI is InChI=1S/C11H13ClN2O5.C6H7ClN2O2.C5H7ClO3/c1-3-19-9(16)6-8(15)13-14-5-4-7(12)10(14)11(17)18-2;1-11-6(10)5-4(7)2-3-9(5)8;1-2-9-5(8)3-4(6)7/h4-5H,3,6H2,1-2H3,(H,13,15);2-3H,8H2,1H3;2-3H2,1H3. The van der Waals surface area contributed by atoms with Crippen LogP contribution in [0.2, 0.25) is 10.0 Å². The molecule has 0 aliphatic heterocycles. The molecule has 39 heavy (non-hydrogen) atoms. The summed E-state index contributed by atoms with van der Waals surface area (Å²) in [5, 5.41) is -0.268. The molecule has 0 saturated heterocycles. The van der Waals surface area contributed by atoms with Gasteiger partial charge in [0, 0.05) is 12.4 Å². The van der Waals surface area contributed by atoms with Crippen LogP contribution in [-0.4, -0.2) is 71.8 Å². The van der Waals surface area contributed by atoms with Crippen LogP contribution in [0.5, 0.6) is 0 Å². The van der Waals surface area contributed by atoms with Crippen LogP contribution in [0.3, 0.4) is 0 Å². The lowest BCUT2D eigenvalue weighted by Crippen LogP contribution is -2.28. The molecule has 0 aliphatic rings. The van der Waals surface area contributed by atoms with E-state index in [1.807, 2.05) is 0 Å². The van der Waals surface area contributed by atoms with Crippen molar-refractivity contribution in [3.05, 3.63) is 46.0 Å². The highest BCUT2D eigenvalue weighted by atomic mass is 35.5. The predicted octanol–water partition coefficient (Wildman–Crippen LogP) is 2.30. The van der Waals surface area contributed by atoms with E-state index < -0.39 is 41.4 Å². The van der Waals surface area contributed by atoms with Crippen LogP contribution in [0.1, 0.15) is 47.7 Å². The second-order valence-corrected chi connectivity index (χ2v) is 7.87. The Morgan fingerprint density at radius 3 is 1.72 bits per heavy atom. The van der Waals surface area contributed by atoms with Crippen molar-refractivity contribution in [2.45, 2.75) is 26.7 Å². The average Bonchev–Trinajstić information content (AvgIpc) is 3.39. The zero-order chi connectivity index (χ0) is 30.1. The second kappa shape index (κ2) is 18.5. The van der Waals surface area contributed by atoms with E-state index in [4.69, 9.17) is 40.6 Å². The Labute approximate surface area is 238 Å². The van der Waals surface area contributed by atoms with Crippen molar-refractivity contribution in [1.82, 2.24) is 9.35 Å². The molecule has 216 valence electrons. The first kappa shape index (κ1) is 35.2. The van der Waals surface area contributed by atoms with Crippen molar-refractivity contribution in [2.24, 2.45) is 0 Å². The first-order valence-electron chi connectivity index (χ1n) is 10.8. The van der Waals surface area contributed by atoms with Crippen LogP contribution >= 0.6 is 34.8 Å². The molecule has 3 N–H and O–H groups in total. The number of nitrogen functional groups attached to an aromatic ring is 1. The van der Waals surface area contributed by atoms with Gasteiger partial charge in [0.05, 0.1) is 37.5 Å². The van der Waals surface area contributed by atoms with E-state index in [1.165, 1.54) is 38.7 Å². The number of nitrogens with zero attached hydrogens (tertiary/aromatic N) is 2. The van der Waals surface area contributed by atoms with E-state index in [2.05, 4.69) is 24.4 Å². The molecular weight excluding hydrogens is 587 g/mol. The van der Waals surface area contributed by atoms with E-state index in [0.29, 0.717) is 5.02 Å². The maximum atomic E-state index is 11.5. The van der Waals surface area contributed by atoms with Gasteiger partial charge in [-0.1, -0.05) is 23.2 Å². The van der Waals surface area contributed by atoms with Crippen molar-refractivity contribution in [3.8, 4) is 0 Å². The minimum Gasteiger partial charge on any atom is -0.466 e. The SMILES string of the molecule is CCOC(=O)CC(=O)Cl.CCOC(=O)CC(=O)Nn1ccc(Cl)c1C(=O)OC.COC(=O)c1c(Cl)ccn1N. The number of carbonyl (C=O) groups is 6. The smallest absolute Gasteiger partial charge is 0.358 e. The third kappa shape index (κ3) is 13.0. The molecule has 0 bridgehead atoms. The molecule has 17 heteroatoms. The second-order valence-electron chi connectivity index (χ2n) is 6.64. The Morgan fingerprint density at radius 2 is 1.28 bits per heavy atom. The number of amides is 1. The van der Waals surface area contributed by atoms with Crippen LogP contribution in [-0.2, 0) is 38.1 Å². The lowest BCUT2D eigenvalue weighted by Gasteiger charge is -2.09. The number of aromatic nitrogens is 2. The number of nitrogens with two attached hydrogens (primary N) is 1. The lowest BCUT2D eigenvalue weighted by atomic mass is 10.4. The zero-order valence-corrected chi connectivity index (χ0v) is 23.6. The summed E-state index contributed by atoms with van der Waals surface area (Å²) < 4.78 is 20.2. The van der Waals surface area contributed by atoms with Crippen molar-refractivity contribution in [3.63, 3.8) is 0 Å². The number of nitrogens with one attached hydrogen (secondary N) is 1. The van der Waals surface area contributed by atoms with Crippen LogP contribution in [0.4, 0.5) is 0 Å². The molecule has 0 spiro atoms. The number of esters is 4. The van der Waals surface area contributed by atoms with Gasteiger partial charge in [0.2, 0.25) is 11.1 Å². The molecule has 2 rings (SSSR count). The topological polar surface area (TPSA) is 187 Å². The van der Waals surface area contributed by atoms with Gasteiger partial charge in [0.1, 0.15) is 12.8 Å². The summed E-state index contributed by atoms with van der Waals surface area (Å²) in [5.41, 5.74) is 2.46. The third-order valence-corrected chi connectivity index (χ3v) is 4.65. The van der Waals surface area contributed by atoms with Gasteiger partial charge >= 0.3 is 23.9 Å². The van der Waals surface area contributed by atoms with E-state index in [1.54, 1.807) is 13.8 Å². The van der Waals surface area contributed by atoms with E-state index in [-0.39, 0.29) is 36.0 Å². The fraction of sp³-hybridized carbons (Fsp3) is 0.364. The fourth-order valence-corrected chi connectivity index (χ4v) is 2.92. The first-order chi connectivity index (χ1) is 18.3. The van der Waals surface area contributed by atoms with Gasteiger partial charge in [0.15, 0.2) is 11.4 Å². The van der Waals surface area contributed by atoms with Crippen LogP contribution in [0.25, 0.3) is 0 Å². The van der Waals surface area contributed by atoms with Crippen LogP contribution in [0.15, 0.2) is 24.5 Å². The van der Waals surface area contributed by atoms with Gasteiger partial charge in [-0.3, -0.25) is 34.0 Å². The third-order valence-electron chi connectivity index (χ3n) is 3.90. The van der Waals surface area contributed by atoms with E-state index >= 15 is 0 Å². The molecule has 1 amide bonds. The van der Waals surface area contributed by atoms with Crippen LogP contribution in [0, 0.1) is 0 Å². The molecule has 0 aromatic carbocycles. The van der Waals surface area contributed by atoms with Gasteiger partial charge in [-0.05, 0) is 37.6 Å². The monoisotopic (exact) mass is 612 g/mol. The minimum atomic E-state index is -0.702. The highest BCUT2D eigenvalue weighted by Gasteiger charge is 2.19. The van der Waals surface area contributed by atoms with Crippen LogP contribution < -0.4 is 11.3 Å². The van der Waals surface area contributed by atoms with Gasteiger partial charge in [-0.25, -0.2) is 9.59 Å². The summed E-state index contributed by atoms with van der Waals surface area (Å²) in [6, 6.07) is 2.94. The van der Waals surface area contributed by atoms with Crippen molar-refractivity contribution >= 4 is 69.8 Å². The lowest BCUT2D eigenvalue weighted by molar-refractivity contribution is -0.146. The predicted molar refractivity (Wildman–Crippen MR) is 139 cm³/mol. The Hall–Kier alpha value is -3.75. The highest BCUT2D eigenvalue weighted by molar-refractivity contribution is 6.64. The van der Waals surface area contributed by atoms with E-state index in [0.717, 1.165) is 9.35 Å². The van der Waals surface area contributed by atoms with E-state index in [9.17, 15) is 28.8 Å². The Morgan fingerprint density at radius 1 is 0.821 bits per heavy atom. The Kier molecular flexibility index (Phi) is 16.7. The molecule has 2 aromatic rings. The van der Waals surface area contributed by atoms with Crippen molar-refractivity contribution in [2.75, 3.05) is 38.7 Å². The number of rotatable bonds is 9. The Balaban J connectivity index is 0.000000612. The number of methoxy groups -OCH3 is 2. The number of hydrogen-bond donors (Lipinski definition) is 2. The molecule has 0 atom stereocenters. The average molecular weight is 614 g/mol. The number of carbonyl (C=O) groups excluding carboxylic acids is 6. The first-order valence-corrected chi connectivity index (χ1v) is 11.9. The Bertz CT molecular complexity index is 1140. The number of ether oxygens (including phenoxy) is 4. The molecule has 0 fully saturated rings. The highest BCUT2D eigenvalue weighted by Crippen LogP contribution is 2.17. The largest absolute Gasteiger partial charge is 0.466 e. The quantitative estimate of drug-likeness (QED) is 0.139. The van der Waals surface area contributed by atoms with Gasteiger partial charge in [-0.2, -0.15) is 0 Å². The fourth-order valence-electron chi connectivity index (χ4n) is 2.36. The molecular formula is C22H27Cl3N4O10. The number of halogens is 3. The molecule has 0 aliphatic carbocycles. The molecule has 0 unspecified atom stereocenters. The summed E-state index contributed by atoms with van der Waals surface area (Å²) in [7, 11) is 2.46. The molecule has 2 aromatic heterocycles. The zero-order valence-electron chi connectivity index (χ0n) is 21.3. The maximum Gasteiger partial charge on any atom is 0.358 e. The molecule has 0 radical (unpaired) electrons. The molecule has 14 nitrogen and oxygen atoms in total. The molecule has 2 heterocycles. The summed E-state index contributed by atoms with van der Waals surface area (Å²) in [6.07, 6.45) is 2.06. The van der Waals surface area contributed by atoms with Gasteiger partial charge in [0.25, 0.3) is 0 Å². The van der Waals surface area contributed by atoms with Crippen molar-refractivity contribution in [1.29, 1.82) is 0 Å². The van der Waals surface area contributed by atoms with Gasteiger partial charge < -0.3 is 24.8 Å². The summed E-state index contributed by atoms with van der Waals surface area (Å²) in [5.74, 6) is 2.25. The van der Waals surface area contributed by atoms with Crippen molar-refractivity contribution < 1.29 is 47.7 Å². The summed E-state index contributed by atoms with van der Waals surface area (Å²) >= 11 is 16.3. The maximum absolute atomic E-state index is 11.5. The summed E-state index contributed by atoms with van der Waals surface area (Å²) in [4.78, 5) is 65.3. The normalized spacial score (nSPS) is 9.51.